The van der Waals surface area contributed by atoms with Crippen molar-refractivity contribution in [2.24, 2.45) is 0 Å². The molecule has 0 radical (unpaired) electrons. The zero-order valence-electron chi connectivity index (χ0n) is 9.00. The Bertz CT molecular complexity index is 297. The Morgan fingerprint density at radius 2 is 1.93 bits per heavy atom. The molecule has 1 aromatic carbocycles. The van der Waals surface area contributed by atoms with Crippen LogP contribution >= 0.6 is 0 Å². The third-order valence-corrected chi connectivity index (χ3v) is 1.69. The monoisotopic (exact) mass is 191 g/mol. The fourth-order valence-corrected chi connectivity index (χ4v) is 1.04. The van der Waals surface area contributed by atoms with Crippen LogP contribution < -0.4 is 10.1 Å². The molecule has 0 atom stereocenters. The van der Waals surface area contributed by atoms with Crippen LogP contribution in [0.2, 0.25) is 0 Å². The number of ether oxygens (including phenoxy) is 1. The van der Waals surface area contributed by atoms with Crippen LogP contribution in [-0.4, -0.2) is 6.61 Å². The van der Waals surface area contributed by atoms with Gasteiger partial charge in [-0.15, -0.1) is 0 Å². The number of benzene rings is 1. The van der Waals surface area contributed by atoms with Crippen molar-refractivity contribution < 1.29 is 4.74 Å². The van der Waals surface area contributed by atoms with Crippen LogP contribution in [0.25, 0.3) is 0 Å². The number of nitrogens with one attached hydrogen (secondary N) is 1. The summed E-state index contributed by atoms with van der Waals surface area (Å²) in [5.74, 6) is 0.912. The van der Waals surface area contributed by atoms with Crippen molar-refractivity contribution in [2.45, 2.75) is 20.8 Å². The van der Waals surface area contributed by atoms with E-state index in [9.17, 15) is 0 Å². The largest absolute Gasteiger partial charge is 0.494 e. The summed E-state index contributed by atoms with van der Waals surface area (Å²) in [5.41, 5.74) is 2.33. The third kappa shape index (κ3) is 3.52. The number of hydrogen-bond donors (Lipinski definition) is 1. The van der Waals surface area contributed by atoms with Crippen LogP contribution in [0.15, 0.2) is 36.0 Å². The lowest BCUT2D eigenvalue weighted by Gasteiger charge is -2.04. The highest BCUT2D eigenvalue weighted by Gasteiger charge is 1.91. The summed E-state index contributed by atoms with van der Waals surface area (Å²) in [6.45, 7) is 6.80. The van der Waals surface area contributed by atoms with Gasteiger partial charge >= 0.3 is 0 Å². The van der Waals surface area contributed by atoms with E-state index in [1.807, 2.05) is 37.4 Å². The molecule has 0 bridgehead atoms. The Morgan fingerprint density at radius 3 is 2.43 bits per heavy atom. The first-order valence-electron chi connectivity index (χ1n) is 4.85. The smallest absolute Gasteiger partial charge is 0.119 e. The van der Waals surface area contributed by atoms with Crippen molar-refractivity contribution in [1.29, 1.82) is 0 Å². The molecule has 0 aliphatic heterocycles. The topological polar surface area (TPSA) is 21.3 Å². The van der Waals surface area contributed by atoms with E-state index in [-0.39, 0.29) is 0 Å². The maximum absolute atomic E-state index is 5.34. The molecule has 0 unspecified atom stereocenters. The summed E-state index contributed by atoms with van der Waals surface area (Å²) >= 11 is 0. The number of anilines is 1. The molecule has 76 valence electrons. The molecular formula is C12H17NO. The van der Waals surface area contributed by atoms with E-state index < -0.39 is 0 Å². The Labute approximate surface area is 85.6 Å². The molecule has 0 fully saturated rings. The average Bonchev–Trinajstić information content (AvgIpc) is 2.17. The first-order chi connectivity index (χ1) is 6.72. The summed E-state index contributed by atoms with van der Waals surface area (Å²) in [6.07, 6.45) is 1.98. The van der Waals surface area contributed by atoms with Gasteiger partial charge in [0.2, 0.25) is 0 Å². The molecule has 0 saturated carbocycles. The summed E-state index contributed by atoms with van der Waals surface area (Å²) in [7, 11) is 0. The van der Waals surface area contributed by atoms with Gasteiger partial charge in [0.1, 0.15) is 5.75 Å². The van der Waals surface area contributed by atoms with E-state index in [1.165, 1.54) is 5.57 Å². The predicted molar refractivity (Wildman–Crippen MR) is 60.7 cm³/mol. The van der Waals surface area contributed by atoms with Gasteiger partial charge in [-0.25, -0.2) is 0 Å². The maximum atomic E-state index is 5.34. The van der Waals surface area contributed by atoms with Crippen molar-refractivity contribution in [2.75, 3.05) is 11.9 Å². The number of allylic oxidation sites excluding steroid dienone is 1. The zero-order chi connectivity index (χ0) is 10.4. The van der Waals surface area contributed by atoms with Gasteiger partial charge in [-0.3, -0.25) is 0 Å². The van der Waals surface area contributed by atoms with Crippen LogP contribution in [0.1, 0.15) is 20.8 Å². The van der Waals surface area contributed by atoms with Crippen LogP contribution in [-0.2, 0) is 0 Å². The first-order valence-corrected chi connectivity index (χ1v) is 4.85. The van der Waals surface area contributed by atoms with E-state index in [0.29, 0.717) is 6.61 Å². The van der Waals surface area contributed by atoms with Crippen LogP contribution in [0.5, 0.6) is 5.75 Å². The number of hydrogen-bond acceptors (Lipinski definition) is 2. The Balaban J connectivity index is 2.59. The standard InChI is InChI=1S/C12H17NO/c1-4-14-12-7-5-11(6-8-12)13-9-10(2)3/h5-9,13H,4H2,1-3H3. The highest BCUT2D eigenvalue weighted by atomic mass is 16.5. The van der Waals surface area contributed by atoms with E-state index in [0.717, 1.165) is 11.4 Å². The van der Waals surface area contributed by atoms with Crippen LogP contribution in [0.4, 0.5) is 5.69 Å². The molecule has 14 heavy (non-hydrogen) atoms. The van der Waals surface area contributed by atoms with E-state index in [4.69, 9.17) is 4.74 Å². The average molecular weight is 191 g/mol. The fourth-order valence-electron chi connectivity index (χ4n) is 1.04. The minimum absolute atomic E-state index is 0.709. The molecule has 0 spiro atoms. The molecular weight excluding hydrogens is 174 g/mol. The van der Waals surface area contributed by atoms with Gasteiger partial charge in [0, 0.05) is 5.69 Å². The molecule has 2 nitrogen and oxygen atoms in total. The number of rotatable bonds is 4. The minimum atomic E-state index is 0.709. The second-order valence-corrected chi connectivity index (χ2v) is 3.32. The fraction of sp³-hybridized carbons (Fsp3) is 0.333. The van der Waals surface area contributed by atoms with E-state index in [2.05, 4.69) is 19.2 Å². The lowest BCUT2D eigenvalue weighted by Crippen LogP contribution is -1.92. The van der Waals surface area contributed by atoms with Crippen molar-refractivity contribution in [1.82, 2.24) is 0 Å². The van der Waals surface area contributed by atoms with Gasteiger partial charge in [0.25, 0.3) is 0 Å². The summed E-state index contributed by atoms with van der Waals surface area (Å²) in [5, 5.41) is 3.20. The van der Waals surface area contributed by atoms with Gasteiger partial charge in [-0.05, 0) is 51.2 Å². The summed E-state index contributed by atoms with van der Waals surface area (Å²) < 4.78 is 5.34. The van der Waals surface area contributed by atoms with Gasteiger partial charge in [0.05, 0.1) is 6.61 Å². The van der Waals surface area contributed by atoms with Gasteiger partial charge in [-0.2, -0.15) is 0 Å². The molecule has 2 heteroatoms. The lowest BCUT2D eigenvalue weighted by molar-refractivity contribution is 0.340. The Morgan fingerprint density at radius 1 is 1.29 bits per heavy atom. The van der Waals surface area contributed by atoms with Gasteiger partial charge < -0.3 is 10.1 Å². The molecule has 0 aliphatic rings. The predicted octanol–water partition coefficient (Wildman–Crippen LogP) is 3.42. The highest BCUT2D eigenvalue weighted by molar-refractivity contribution is 5.48. The van der Waals surface area contributed by atoms with Gasteiger partial charge in [0.15, 0.2) is 0 Å². The van der Waals surface area contributed by atoms with Crippen molar-refractivity contribution in [3.05, 3.63) is 36.0 Å². The van der Waals surface area contributed by atoms with Gasteiger partial charge in [-0.1, -0.05) is 5.57 Å². The van der Waals surface area contributed by atoms with Crippen molar-refractivity contribution in [3.63, 3.8) is 0 Å². The normalized spacial score (nSPS) is 9.36. The molecule has 0 aliphatic carbocycles. The van der Waals surface area contributed by atoms with Crippen LogP contribution in [0.3, 0.4) is 0 Å². The quantitative estimate of drug-likeness (QED) is 0.787. The summed E-state index contributed by atoms with van der Waals surface area (Å²) in [6, 6.07) is 7.93. The maximum Gasteiger partial charge on any atom is 0.119 e. The second kappa shape index (κ2) is 5.32. The minimum Gasteiger partial charge on any atom is -0.494 e. The van der Waals surface area contributed by atoms with Crippen LogP contribution in [0, 0.1) is 0 Å². The lowest BCUT2D eigenvalue weighted by atomic mass is 10.3. The van der Waals surface area contributed by atoms with Crippen molar-refractivity contribution in [3.8, 4) is 5.75 Å². The molecule has 0 heterocycles. The molecule has 1 rings (SSSR count). The first kappa shape index (κ1) is 10.6. The Hall–Kier alpha value is -1.44. The van der Waals surface area contributed by atoms with E-state index >= 15 is 0 Å². The van der Waals surface area contributed by atoms with Crippen molar-refractivity contribution >= 4 is 5.69 Å². The third-order valence-electron chi connectivity index (χ3n) is 1.69. The molecule has 1 aromatic rings. The molecule has 0 saturated heterocycles. The second-order valence-electron chi connectivity index (χ2n) is 3.32. The summed E-state index contributed by atoms with van der Waals surface area (Å²) in [4.78, 5) is 0. The highest BCUT2D eigenvalue weighted by Crippen LogP contribution is 2.15. The zero-order valence-corrected chi connectivity index (χ0v) is 9.00. The molecule has 0 aromatic heterocycles. The Kier molecular flexibility index (Phi) is 4.05. The molecule has 1 N–H and O–H groups in total. The van der Waals surface area contributed by atoms with E-state index in [1.54, 1.807) is 0 Å². The molecule has 0 amide bonds. The SMILES string of the molecule is CCOc1ccc(NC=C(C)C)cc1.